The van der Waals surface area contributed by atoms with E-state index in [9.17, 15) is 4.39 Å². The lowest BCUT2D eigenvalue weighted by Gasteiger charge is -2.09. The van der Waals surface area contributed by atoms with Crippen molar-refractivity contribution >= 4 is 5.69 Å². The first-order chi connectivity index (χ1) is 9.78. The monoisotopic (exact) mass is 275 g/mol. The van der Waals surface area contributed by atoms with E-state index in [1.54, 1.807) is 13.2 Å². The van der Waals surface area contributed by atoms with Gasteiger partial charge in [0.2, 0.25) is 0 Å². The molecule has 0 saturated carbocycles. The molecule has 106 valence electrons. The molecule has 0 aliphatic carbocycles. The molecular formula is C16H18FNO2. The van der Waals surface area contributed by atoms with E-state index < -0.39 is 0 Å². The molecule has 0 aliphatic heterocycles. The number of hydrogen-bond acceptors (Lipinski definition) is 3. The largest absolute Gasteiger partial charge is 0.492 e. The van der Waals surface area contributed by atoms with Crippen molar-refractivity contribution in [2.75, 3.05) is 25.6 Å². The summed E-state index contributed by atoms with van der Waals surface area (Å²) in [6.07, 6.45) is 0. The summed E-state index contributed by atoms with van der Waals surface area (Å²) in [5.41, 5.74) is 1.82. The number of halogens is 1. The topological polar surface area (TPSA) is 30.5 Å². The van der Waals surface area contributed by atoms with Crippen LogP contribution in [0.4, 0.5) is 10.1 Å². The molecule has 0 radical (unpaired) electrons. The van der Waals surface area contributed by atoms with Gasteiger partial charge in [-0.2, -0.15) is 0 Å². The molecule has 0 amide bonds. The number of methoxy groups -OCH3 is 1. The van der Waals surface area contributed by atoms with E-state index in [4.69, 9.17) is 9.47 Å². The lowest BCUT2D eigenvalue weighted by Crippen LogP contribution is -2.11. The Labute approximate surface area is 118 Å². The molecule has 0 atom stereocenters. The standard InChI is InChI=1S/C16H18FNO2/c1-19-12-13-4-2-7-16(10-13)20-9-8-18-15-6-3-5-14(17)11-15/h2-7,10-11,18H,8-9,12H2,1H3. The minimum absolute atomic E-state index is 0.247. The Hall–Kier alpha value is -2.07. The molecule has 0 aliphatic rings. The van der Waals surface area contributed by atoms with Crippen molar-refractivity contribution in [1.29, 1.82) is 0 Å². The van der Waals surface area contributed by atoms with Gasteiger partial charge < -0.3 is 14.8 Å². The second-order valence-electron chi connectivity index (χ2n) is 4.37. The molecule has 0 unspecified atom stereocenters. The fraction of sp³-hybridized carbons (Fsp3) is 0.250. The van der Waals surface area contributed by atoms with Gasteiger partial charge in [0.25, 0.3) is 0 Å². The summed E-state index contributed by atoms with van der Waals surface area (Å²) >= 11 is 0. The Kier molecular flexibility index (Phi) is 5.38. The highest BCUT2D eigenvalue weighted by Crippen LogP contribution is 2.14. The summed E-state index contributed by atoms with van der Waals surface area (Å²) in [6, 6.07) is 14.1. The molecule has 2 aromatic carbocycles. The normalized spacial score (nSPS) is 10.3. The molecule has 4 heteroatoms. The van der Waals surface area contributed by atoms with E-state index in [1.165, 1.54) is 12.1 Å². The van der Waals surface area contributed by atoms with Gasteiger partial charge in [-0.3, -0.25) is 0 Å². The zero-order valence-corrected chi connectivity index (χ0v) is 11.4. The quantitative estimate of drug-likeness (QED) is 0.785. The molecule has 2 rings (SSSR count). The first-order valence-corrected chi connectivity index (χ1v) is 6.48. The molecular weight excluding hydrogens is 257 g/mol. The lowest BCUT2D eigenvalue weighted by atomic mass is 10.2. The van der Waals surface area contributed by atoms with Crippen LogP contribution in [0.2, 0.25) is 0 Å². The van der Waals surface area contributed by atoms with Crippen LogP contribution in [0.5, 0.6) is 5.75 Å². The van der Waals surface area contributed by atoms with Crippen LogP contribution in [0.15, 0.2) is 48.5 Å². The third kappa shape index (κ3) is 4.55. The van der Waals surface area contributed by atoms with Crippen molar-refractivity contribution in [3.8, 4) is 5.75 Å². The first kappa shape index (κ1) is 14.3. The van der Waals surface area contributed by atoms with Crippen LogP contribution in [0, 0.1) is 5.82 Å². The summed E-state index contributed by atoms with van der Waals surface area (Å²) in [5.74, 6) is 0.559. The SMILES string of the molecule is COCc1cccc(OCCNc2cccc(F)c2)c1. The smallest absolute Gasteiger partial charge is 0.125 e. The van der Waals surface area contributed by atoms with Gasteiger partial charge in [0, 0.05) is 19.3 Å². The Morgan fingerprint density at radius 3 is 2.75 bits per heavy atom. The molecule has 0 spiro atoms. The average Bonchev–Trinajstić information content (AvgIpc) is 2.45. The third-order valence-corrected chi connectivity index (χ3v) is 2.73. The zero-order chi connectivity index (χ0) is 14.2. The van der Waals surface area contributed by atoms with Crippen LogP contribution in [0.25, 0.3) is 0 Å². The van der Waals surface area contributed by atoms with Gasteiger partial charge in [-0.15, -0.1) is 0 Å². The van der Waals surface area contributed by atoms with Crippen LogP contribution in [-0.4, -0.2) is 20.3 Å². The summed E-state index contributed by atoms with van der Waals surface area (Å²) < 4.78 is 23.7. The zero-order valence-electron chi connectivity index (χ0n) is 11.4. The van der Waals surface area contributed by atoms with Crippen LogP contribution in [0.3, 0.4) is 0 Å². The van der Waals surface area contributed by atoms with Gasteiger partial charge in [0.1, 0.15) is 18.2 Å². The maximum atomic E-state index is 13.0. The Bertz CT molecular complexity index is 546. The molecule has 0 aromatic heterocycles. The number of hydrogen-bond donors (Lipinski definition) is 1. The molecule has 1 N–H and O–H groups in total. The number of benzene rings is 2. The number of anilines is 1. The second kappa shape index (κ2) is 7.50. The molecule has 3 nitrogen and oxygen atoms in total. The Balaban J connectivity index is 1.77. The highest BCUT2D eigenvalue weighted by molar-refractivity contribution is 5.42. The maximum absolute atomic E-state index is 13.0. The molecule has 0 fully saturated rings. The van der Waals surface area contributed by atoms with E-state index in [2.05, 4.69) is 5.32 Å². The predicted octanol–water partition coefficient (Wildman–Crippen LogP) is 3.46. The van der Waals surface area contributed by atoms with Crippen molar-refractivity contribution in [3.05, 3.63) is 59.9 Å². The Morgan fingerprint density at radius 1 is 1.10 bits per heavy atom. The van der Waals surface area contributed by atoms with Gasteiger partial charge in [0.15, 0.2) is 0 Å². The van der Waals surface area contributed by atoms with Crippen molar-refractivity contribution in [3.63, 3.8) is 0 Å². The van der Waals surface area contributed by atoms with Crippen LogP contribution in [-0.2, 0) is 11.3 Å². The van der Waals surface area contributed by atoms with E-state index in [0.29, 0.717) is 19.8 Å². The Morgan fingerprint density at radius 2 is 1.95 bits per heavy atom. The van der Waals surface area contributed by atoms with E-state index in [-0.39, 0.29) is 5.82 Å². The lowest BCUT2D eigenvalue weighted by molar-refractivity contribution is 0.184. The van der Waals surface area contributed by atoms with Crippen molar-refractivity contribution in [2.45, 2.75) is 6.61 Å². The van der Waals surface area contributed by atoms with Crippen molar-refractivity contribution in [1.82, 2.24) is 0 Å². The fourth-order valence-electron chi connectivity index (χ4n) is 1.85. The van der Waals surface area contributed by atoms with Gasteiger partial charge in [-0.1, -0.05) is 18.2 Å². The fourth-order valence-corrected chi connectivity index (χ4v) is 1.85. The minimum atomic E-state index is -0.247. The minimum Gasteiger partial charge on any atom is -0.492 e. The third-order valence-electron chi connectivity index (χ3n) is 2.73. The molecule has 0 heterocycles. The second-order valence-corrected chi connectivity index (χ2v) is 4.37. The highest BCUT2D eigenvalue weighted by Gasteiger charge is 1.98. The average molecular weight is 275 g/mol. The predicted molar refractivity (Wildman–Crippen MR) is 77.5 cm³/mol. The maximum Gasteiger partial charge on any atom is 0.125 e. The van der Waals surface area contributed by atoms with Gasteiger partial charge >= 0.3 is 0 Å². The van der Waals surface area contributed by atoms with E-state index >= 15 is 0 Å². The van der Waals surface area contributed by atoms with Crippen LogP contribution in [0.1, 0.15) is 5.56 Å². The van der Waals surface area contributed by atoms with Crippen LogP contribution >= 0.6 is 0 Å². The van der Waals surface area contributed by atoms with Crippen LogP contribution < -0.4 is 10.1 Å². The number of ether oxygens (including phenoxy) is 2. The number of rotatable bonds is 7. The summed E-state index contributed by atoms with van der Waals surface area (Å²) in [7, 11) is 1.66. The van der Waals surface area contributed by atoms with Gasteiger partial charge in [-0.25, -0.2) is 4.39 Å². The van der Waals surface area contributed by atoms with E-state index in [1.807, 2.05) is 30.3 Å². The van der Waals surface area contributed by atoms with Crippen molar-refractivity contribution in [2.24, 2.45) is 0 Å². The van der Waals surface area contributed by atoms with Crippen molar-refractivity contribution < 1.29 is 13.9 Å². The van der Waals surface area contributed by atoms with Gasteiger partial charge in [-0.05, 0) is 35.9 Å². The molecule has 0 saturated heterocycles. The summed E-state index contributed by atoms with van der Waals surface area (Å²) in [6.45, 7) is 1.68. The highest BCUT2D eigenvalue weighted by atomic mass is 19.1. The number of nitrogens with one attached hydrogen (secondary N) is 1. The summed E-state index contributed by atoms with van der Waals surface area (Å²) in [4.78, 5) is 0. The molecule has 20 heavy (non-hydrogen) atoms. The van der Waals surface area contributed by atoms with E-state index in [0.717, 1.165) is 17.0 Å². The first-order valence-electron chi connectivity index (χ1n) is 6.48. The molecule has 2 aromatic rings. The van der Waals surface area contributed by atoms with Gasteiger partial charge in [0.05, 0.1) is 6.61 Å². The summed E-state index contributed by atoms with van der Waals surface area (Å²) in [5, 5.41) is 3.11. The molecule has 0 bridgehead atoms.